The molecule has 0 spiro atoms. The highest BCUT2D eigenvalue weighted by Crippen LogP contribution is 2.21. The number of amides is 1. The van der Waals surface area contributed by atoms with E-state index in [0.29, 0.717) is 10.8 Å². The zero-order chi connectivity index (χ0) is 14.8. The summed E-state index contributed by atoms with van der Waals surface area (Å²) in [7, 11) is 1.86. The molecule has 0 radical (unpaired) electrons. The molecule has 1 aliphatic rings. The fourth-order valence-corrected chi connectivity index (χ4v) is 3.56. The second-order valence-electron chi connectivity index (χ2n) is 5.48. The van der Waals surface area contributed by atoms with Gasteiger partial charge in [0.1, 0.15) is 10.7 Å². The van der Waals surface area contributed by atoms with Gasteiger partial charge in [0.2, 0.25) is 0 Å². The lowest BCUT2D eigenvalue weighted by Crippen LogP contribution is -2.35. The van der Waals surface area contributed by atoms with Crippen LogP contribution in [-0.4, -0.2) is 43.5 Å². The molecule has 0 saturated carbocycles. The van der Waals surface area contributed by atoms with Gasteiger partial charge in [-0.2, -0.15) is 0 Å². The van der Waals surface area contributed by atoms with Gasteiger partial charge in [0.25, 0.3) is 5.91 Å². The highest BCUT2D eigenvalue weighted by molar-refractivity contribution is 7.07. The Balaban J connectivity index is 1.64. The summed E-state index contributed by atoms with van der Waals surface area (Å²) in [6.45, 7) is 3.74. The van der Waals surface area contributed by atoms with Crippen molar-refractivity contribution in [3.8, 4) is 0 Å². The summed E-state index contributed by atoms with van der Waals surface area (Å²) in [4.78, 5) is 19.3. The van der Waals surface area contributed by atoms with Crippen LogP contribution in [0.1, 0.15) is 34.5 Å². The molecule has 0 aliphatic carbocycles. The Kier molecular flexibility index (Phi) is 4.01. The van der Waals surface area contributed by atoms with E-state index in [1.807, 2.05) is 26.4 Å². The SMILES string of the molecule is CCc1nnsc1C(=O)N(C)C[C@H]1CCn2ccnc2C1. The standard InChI is InChI=1S/C14H19N5OS/c1-3-11-13(21-17-16-11)14(20)18(2)9-10-4-6-19-7-5-15-12(19)8-10/h5,7,10H,3-4,6,8-9H2,1-2H3/t10-/m0/s1. The molecule has 3 rings (SSSR count). The Morgan fingerprint density at radius 3 is 3.24 bits per heavy atom. The Hall–Kier alpha value is -1.76. The maximum absolute atomic E-state index is 12.5. The molecule has 3 heterocycles. The molecule has 0 N–H and O–H groups in total. The molecular weight excluding hydrogens is 286 g/mol. The van der Waals surface area contributed by atoms with Gasteiger partial charge in [-0.05, 0) is 30.3 Å². The number of fused-ring (bicyclic) bond motifs is 1. The van der Waals surface area contributed by atoms with Gasteiger partial charge >= 0.3 is 0 Å². The number of aromatic nitrogens is 4. The summed E-state index contributed by atoms with van der Waals surface area (Å²) in [5, 5.41) is 4.02. The second-order valence-corrected chi connectivity index (χ2v) is 6.24. The van der Waals surface area contributed by atoms with E-state index >= 15 is 0 Å². The first-order chi connectivity index (χ1) is 10.2. The predicted molar refractivity (Wildman–Crippen MR) is 80.3 cm³/mol. The molecule has 0 saturated heterocycles. The summed E-state index contributed by atoms with van der Waals surface area (Å²) < 4.78 is 6.09. The number of carbonyl (C=O) groups excluding carboxylic acids is 1. The molecule has 2 aromatic heterocycles. The molecule has 1 atom stereocenters. The van der Waals surface area contributed by atoms with Crippen molar-refractivity contribution in [2.75, 3.05) is 13.6 Å². The minimum atomic E-state index is 0.0377. The molecule has 0 unspecified atom stereocenters. The van der Waals surface area contributed by atoms with Gasteiger partial charge in [0.05, 0.1) is 5.69 Å². The minimum Gasteiger partial charge on any atom is -0.341 e. The largest absolute Gasteiger partial charge is 0.341 e. The van der Waals surface area contributed by atoms with Gasteiger partial charge in [-0.3, -0.25) is 4.79 Å². The van der Waals surface area contributed by atoms with E-state index in [1.165, 1.54) is 11.5 Å². The maximum Gasteiger partial charge on any atom is 0.267 e. The maximum atomic E-state index is 12.5. The average Bonchev–Trinajstić information content (AvgIpc) is 3.14. The summed E-state index contributed by atoms with van der Waals surface area (Å²) in [6, 6.07) is 0. The van der Waals surface area contributed by atoms with Crippen molar-refractivity contribution in [3.05, 3.63) is 28.8 Å². The van der Waals surface area contributed by atoms with Crippen LogP contribution in [0.5, 0.6) is 0 Å². The van der Waals surface area contributed by atoms with Crippen molar-refractivity contribution in [2.24, 2.45) is 5.92 Å². The Bertz CT molecular complexity index is 635. The van der Waals surface area contributed by atoms with E-state index in [-0.39, 0.29) is 5.91 Å². The van der Waals surface area contributed by atoms with E-state index in [0.717, 1.165) is 43.9 Å². The average molecular weight is 305 g/mol. The van der Waals surface area contributed by atoms with Gasteiger partial charge < -0.3 is 9.47 Å². The highest BCUT2D eigenvalue weighted by atomic mass is 32.1. The van der Waals surface area contributed by atoms with E-state index < -0.39 is 0 Å². The summed E-state index contributed by atoms with van der Waals surface area (Å²) in [5.74, 6) is 1.64. The molecule has 0 aromatic carbocycles. The van der Waals surface area contributed by atoms with Crippen LogP contribution in [0.3, 0.4) is 0 Å². The van der Waals surface area contributed by atoms with Crippen LogP contribution in [0, 0.1) is 5.92 Å². The third-order valence-corrected chi connectivity index (χ3v) is 4.77. The van der Waals surface area contributed by atoms with Gasteiger partial charge in [-0.15, -0.1) is 5.10 Å². The van der Waals surface area contributed by atoms with E-state index in [2.05, 4.69) is 19.1 Å². The molecule has 7 heteroatoms. The van der Waals surface area contributed by atoms with E-state index in [4.69, 9.17) is 0 Å². The molecule has 112 valence electrons. The van der Waals surface area contributed by atoms with Gasteiger partial charge in [0.15, 0.2) is 0 Å². The Morgan fingerprint density at radius 1 is 1.57 bits per heavy atom. The summed E-state index contributed by atoms with van der Waals surface area (Å²) >= 11 is 1.19. The molecule has 0 bridgehead atoms. The number of hydrogen-bond donors (Lipinski definition) is 0. The van der Waals surface area contributed by atoms with Gasteiger partial charge in [-0.1, -0.05) is 11.4 Å². The van der Waals surface area contributed by atoms with E-state index in [9.17, 15) is 4.79 Å². The third kappa shape index (κ3) is 2.83. The van der Waals surface area contributed by atoms with Crippen LogP contribution >= 0.6 is 11.5 Å². The molecule has 1 aliphatic heterocycles. The number of hydrogen-bond acceptors (Lipinski definition) is 5. The minimum absolute atomic E-state index is 0.0377. The molecule has 21 heavy (non-hydrogen) atoms. The highest BCUT2D eigenvalue weighted by Gasteiger charge is 2.24. The summed E-state index contributed by atoms with van der Waals surface area (Å²) in [6.07, 6.45) is 6.64. The van der Waals surface area contributed by atoms with Crippen LogP contribution in [0.4, 0.5) is 0 Å². The zero-order valence-corrected chi connectivity index (χ0v) is 13.1. The van der Waals surface area contributed by atoms with Crippen molar-refractivity contribution in [2.45, 2.75) is 32.7 Å². The van der Waals surface area contributed by atoms with Gasteiger partial charge in [-0.25, -0.2) is 4.98 Å². The monoisotopic (exact) mass is 305 g/mol. The molecule has 1 amide bonds. The fourth-order valence-electron chi connectivity index (χ4n) is 2.82. The van der Waals surface area contributed by atoms with Crippen molar-refractivity contribution >= 4 is 17.4 Å². The lowest BCUT2D eigenvalue weighted by molar-refractivity contribution is 0.0767. The smallest absolute Gasteiger partial charge is 0.267 e. The lowest BCUT2D eigenvalue weighted by Gasteiger charge is -2.27. The lowest BCUT2D eigenvalue weighted by atomic mass is 9.97. The number of aryl methyl sites for hydroxylation is 2. The van der Waals surface area contributed by atoms with Crippen molar-refractivity contribution in [3.63, 3.8) is 0 Å². The van der Waals surface area contributed by atoms with Crippen molar-refractivity contribution in [1.82, 2.24) is 24.0 Å². The van der Waals surface area contributed by atoms with Crippen LogP contribution in [0.2, 0.25) is 0 Å². The van der Waals surface area contributed by atoms with Crippen molar-refractivity contribution in [1.29, 1.82) is 0 Å². The number of carbonyl (C=O) groups is 1. The second kappa shape index (κ2) is 5.93. The quantitative estimate of drug-likeness (QED) is 0.861. The third-order valence-electron chi connectivity index (χ3n) is 4.01. The molecule has 6 nitrogen and oxygen atoms in total. The van der Waals surface area contributed by atoms with Gasteiger partial charge in [0, 0.05) is 39.0 Å². The number of rotatable bonds is 4. The predicted octanol–water partition coefficient (Wildman–Crippen LogP) is 1.63. The number of imidazole rings is 1. The van der Waals surface area contributed by atoms with E-state index in [1.54, 1.807) is 4.90 Å². The number of nitrogens with zero attached hydrogens (tertiary/aromatic N) is 5. The fraction of sp³-hybridized carbons (Fsp3) is 0.571. The normalized spacial score (nSPS) is 17.5. The van der Waals surface area contributed by atoms with Crippen LogP contribution < -0.4 is 0 Å². The van der Waals surface area contributed by atoms with Crippen LogP contribution in [0.25, 0.3) is 0 Å². The van der Waals surface area contributed by atoms with Crippen LogP contribution in [0.15, 0.2) is 12.4 Å². The topological polar surface area (TPSA) is 63.9 Å². The first kappa shape index (κ1) is 14.2. The first-order valence-electron chi connectivity index (χ1n) is 7.25. The molecular formula is C14H19N5OS. The Labute approximate surface area is 128 Å². The first-order valence-corrected chi connectivity index (χ1v) is 8.03. The van der Waals surface area contributed by atoms with Crippen molar-refractivity contribution < 1.29 is 4.79 Å². The zero-order valence-electron chi connectivity index (χ0n) is 12.3. The molecule has 2 aromatic rings. The molecule has 0 fully saturated rings. The summed E-state index contributed by atoms with van der Waals surface area (Å²) in [5.41, 5.74) is 0.802. The Morgan fingerprint density at radius 2 is 2.43 bits per heavy atom. The van der Waals surface area contributed by atoms with Crippen LogP contribution in [-0.2, 0) is 19.4 Å².